The molecule has 0 heterocycles. The smallest absolute Gasteiger partial charge is 0.329 e. The fourth-order valence-corrected chi connectivity index (χ4v) is 9.29. The Bertz CT molecular complexity index is 349. The molecule has 0 aromatic heterocycles. The van der Waals surface area contributed by atoms with Crippen molar-refractivity contribution in [2.75, 3.05) is 12.8 Å². The predicted octanol–water partition coefficient (Wildman–Crippen LogP) is 4.32. The zero-order chi connectivity index (χ0) is 16.1. The van der Waals surface area contributed by atoms with Crippen LogP contribution < -0.4 is 0 Å². The van der Waals surface area contributed by atoms with E-state index < -0.39 is 12.7 Å². The third-order valence-corrected chi connectivity index (χ3v) is 11.4. The average Bonchev–Trinajstić information content (AvgIpc) is 2.34. The van der Waals surface area contributed by atoms with Crippen molar-refractivity contribution in [1.82, 2.24) is 0 Å². The molecule has 0 spiro atoms. The van der Waals surface area contributed by atoms with Crippen LogP contribution in [0.3, 0.4) is 0 Å². The van der Waals surface area contributed by atoms with Crippen molar-refractivity contribution in [2.45, 2.75) is 72.4 Å². The molecule has 1 atom stereocenters. The van der Waals surface area contributed by atoms with E-state index in [1.165, 1.54) is 0 Å². The Morgan fingerprint density at radius 2 is 1.55 bits per heavy atom. The molecule has 3 nitrogen and oxygen atoms in total. The molecule has 0 aliphatic rings. The normalized spacial score (nSPS) is 15.3. The molecular weight excluding hydrogens is 269 g/mol. The van der Waals surface area contributed by atoms with Gasteiger partial charge in [0.25, 0.3) is 0 Å². The zero-order valence-electron chi connectivity index (χ0n) is 14.4. The fourth-order valence-electron chi connectivity index (χ4n) is 3.32. The highest BCUT2D eigenvalue weighted by atomic mass is 31.2. The number of nitriles is 1. The quantitative estimate of drug-likeness (QED) is 0.519. The summed E-state index contributed by atoms with van der Waals surface area (Å²) in [7, 11) is -1.45. The van der Waals surface area contributed by atoms with Crippen LogP contribution in [0.25, 0.3) is 0 Å². The molecule has 0 bridgehead atoms. The van der Waals surface area contributed by atoms with Crippen LogP contribution in [0.4, 0.5) is 0 Å². The first-order valence-electron chi connectivity index (χ1n) is 7.54. The van der Waals surface area contributed by atoms with Gasteiger partial charge in [0.15, 0.2) is 5.41 Å². The van der Waals surface area contributed by atoms with Crippen LogP contribution in [0, 0.1) is 16.7 Å². The number of rotatable bonds is 7. The Balaban J connectivity index is 5.65. The monoisotopic (exact) mass is 300 g/mol. The number of esters is 1. The van der Waals surface area contributed by atoms with Gasteiger partial charge in [-0.3, -0.25) is 4.79 Å². The highest BCUT2D eigenvalue weighted by Crippen LogP contribution is 2.72. The second-order valence-corrected chi connectivity index (χ2v) is 12.0. The lowest BCUT2D eigenvalue weighted by Gasteiger charge is -2.41. The van der Waals surface area contributed by atoms with Crippen LogP contribution in [0.5, 0.6) is 0 Å². The molecule has 4 heteroatoms. The minimum atomic E-state index is -1.45. The molecule has 116 valence electrons. The number of ether oxygens (including phenoxy) is 1. The molecule has 20 heavy (non-hydrogen) atoms. The van der Waals surface area contributed by atoms with Gasteiger partial charge in [-0.25, -0.2) is 0 Å². The van der Waals surface area contributed by atoms with Gasteiger partial charge in [0, 0.05) is 7.26 Å². The summed E-state index contributed by atoms with van der Waals surface area (Å²) in [6.07, 6.45) is 0.655. The van der Waals surface area contributed by atoms with E-state index in [4.69, 9.17) is 4.74 Å². The van der Waals surface area contributed by atoms with Gasteiger partial charge in [0.2, 0.25) is 0 Å². The molecule has 0 radical (unpaired) electrons. The lowest BCUT2D eigenvalue weighted by Crippen LogP contribution is -2.39. The first-order valence-corrected chi connectivity index (χ1v) is 9.72. The van der Waals surface area contributed by atoms with Crippen LogP contribution in [-0.2, 0) is 9.53 Å². The maximum Gasteiger partial charge on any atom is 0.329 e. The second kappa shape index (κ2) is 7.41. The molecule has 0 aromatic carbocycles. The summed E-state index contributed by atoms with van der Waals surface area (Å²) in [4.78, 5) is 12.2. The summed E-state index contributed by atoms with van der Waals surface area (Å²) >= 11 is 0. The van der Waals surface area contributed by atoms with Crippen LogP contribution in [0.1, 0.15) is 55.4 Å². The molecule has 0 amide bonds. The molecular formula is C16H31NO2P+. The average molecular weight is 300 g/mol. The molecule has 0 N–H and O–H groups in total. The number of hydrogen-bond donors (Lipinski definition) is 0. The van der Waals surface area contributed by atoms with Crippen molar-refractivity contribution >= 4 is 13.2 Å². The van der Waals surface area contributed by atoms with Crippen molar-refractivity contribution in [3.05, 3.63) is 0 Å². The topological polar surface area (TPSA) is 50.1 Å². The molecule has 0 rings (SSSR count). The van der Waals surface area contributed by atoms with Gasteiger partial charge in [0.1, 0.15) is 0 Å². The Labute approximate surface area is 125 Å². The van der Waals surface area contributed by atoms with E-state index in [-0.39, 0.29) is 5.97 Å². The lowest BCUT2D eigenvalue weighted by atomic mass is 9.96. The molecule has 0 aromatic rings. The molecule has 0 fully saturated rings. The Kier molecular flexibility index (Phi) is 7.19. The molecule has 0 aliphatic heterocycles. The van der Waals surface area contributed by atoms with Gasteiger partial charge in [-0.05, 0) is 55.4 Å². The van der Waals surface area contributed by atoms with Crippen LogP contribution in [-0.4, -0.2) is 35.7 Å². The SMILES string of the molecule is CCOC(=O)C(C)(C#N)C[P+](C(C)C)(C(C)C)C(C)C. The van der Waals surface area contributed by atoms with E-state index in [9.17, 15) is 10.1 Å². The maximum absolute atomic E-state index is 12.2. The number of nitrogens with zero attached hydrogens (tertiary/aromatic N) is 1. The van der Waals surface area contributed by atoms with Crippen LogP contribution in [0.15, 0.2) is 0 Å². The largest absolute Gasteiger partial charge is 0.465 e. The van der Waals surface area contributed by atoms with Crippen molar-refractivity contribution in [3.63, 3.8) is 0 Å². The first kappa shape index (κ1) is 19.4. The standard InChI is InChI=1S/C16H31NO2P/c1-9-19-15(18)16(8,10-17)11-20(12(2)3,13(4)5)14(6)7/h12-14H,9,11H2,1-8H3/q+1. The third kappa shape index (κ3) is 3.73. The highest BCUT2D eigenvalue weighted by molar-refractivity contribution is 7.77. The van der Waals surface area contributed by atoms with E-state index >= 15 is 0 Å². The number of carbonyl (C=O) groups excluding carboxylic acids is 1. The van der Waals surface area contributed by atoms with E-state index in [0.29, 0.717) is 29.7 Å². The Hall–Kier alpha value is -0.610. The zero-order valence-corrected chi connectivity index (χ0v) is 15.3. The maximum atomic E-state index is 12.2. The van der Waals surface area contributed by atoms with Crippen molar-refractivity contribution in [1.29, 1.82) is 5.26 Å². The second-order valence-electron chi connectivity index (χ2n) is 6.60. The van der Waals surface area contributed by atoms with Gasteiger partial charge >= 0.3 is 5.97 Å². The molecule has 0 saturated carbocycles. The molecule has 0 saturated heterocycles. The minimum absolute atomic E-state index is 0.326. The number of hydrogen-bond acceptors (Lipinski definition) is 3. The summed E-state index contributed by atoms with van der Waals surface area (Å²) in [5.74, 6) is -0.367. The van der Waals surface area contributed by atoms with E-state index in [1.54, 1.807) is 13.8 Å². The fraction of sp³-hybridized carbons (Fsp3) is 0.875. The highest BCUT2D eigenvalue weighted by Gasteiger charge is 2.55. The van der Waals surface area contributed by atoms with Crippen LogP contribution >= 0.6 is 7.26 Å². The van der Waals surface area contributed by atoms with Crippen molar-refractivity contribution in [2.24, 2.45) is 5.41 Å². The first-order chi connectivity index (χ1) is 9.08. The molecule has 0 aliphatic carbocycles. The van der Waals surface area contributed by atoms with E-state index in [1.807, 2.05) is 0 Å². The third-order valence-electron chi connectivity index (χ3n) is 4.45. The summed E-state index contributed by atoms with van der Waals surface area (Å²) in [5.41, 5.74) is 0.488. The Morgan fingerprint density at radius 1 is 1.15 bits per heavy atom. The predicted molar refractivity (Wildman–Crippen MR) is 87.5 cm³/mol. The van der Waals surface area contributed by atoms with Crippen LogP contribution in [0.2, 0.25) is 0 Å². The Morgan fingerprint density at radius 3 is 1.80 bits per heavy atom. The van der Waals surface area contributed by atoms with Crippen molar-refractivity contribution < 1.29 is 9.53 Å². The van der Waals surface area contributed by atoms with E-state index in [2.05, 4.69) is 47.6 Å². The minimum Gasteiger partial charge on any atom is -0.465 e. The van der Waals surface area contributed by atoms with Crippen molar-refractivity contribution in [3.8, 4) is 6.07 Å². The van der Waals surface area contributed by atoms with Gasteiger partial charge < -0.3 is 4.74 Å². The van der Waals surface area contributed by atoms with Gasteiger partial charge in [0.05, 0.1) is 35.8 Å². The summed E-state index contributed by atoms with van der Waals surface area (Å²) < 4.78 is 5.14. The summed E-state index contributed by atoms with van der Waals surface area (Å²) in [6.45, 7) is 17.2. The van der Waals surface area contributed by atoms with Gasteiger partial charge in [-0.1, -0.05) is 0 Å². The molecule has 1 unspecified atom stereocenters. The lowest BCUT2D eigenvalue weighted by molar-refractivity contribution is -0.150. The van der Waals surface area contributed by atoms with E-state index in [0.717, 1.165) is 0 Å². The summed E-state index contributed by atoms with van der Waals surface area (Å²) in [6, 6.07) is 2.24. The van der Waals surface area contributed by atoms with Gasteiger partial charge in [-0.2, -0.15) is 5.26 Å². The summed E-state index contributed by atoms with van der Waals surface area (Å²) in [5, 5.41) is 9.56. The number of carbonyl (C=O) groups is 1. The van der Waals surface area contributed by atoms with Gasteiger partial charge in [-0.15, -0.1) is 0 Å².